The maximum absolute atomic E-state index is 12.3. The third kappa shape index (κ3) is 4.76. The van der Waals surface area contributed by atoms with Gasteiger partial charge in [0.1, 0.15) is 0 Å². The number of aryl methyl sites for hydroxylation is 2. The molecule has 0 saturated carbocycles. The van der Waals surface area contributed by atoms with Crippen molar-refractivity contribution in [3.63, 3.8) is 0 Å². The molecule has 1 heterocycles. The van der Waals surface area contributed by atoms with Gasteiger partial charge in [0, 0.05) is 30.0 Å². The minimum absolute atomic E-state index is 0.113. The Hall–Kier alpha value is -2.96. The van der Waals surface area contributed by atoms with E-state index in [2.05, 4.69) is 12.2 Å². The van der Waals surface area contributed by atoms with Gasteiger partial charge in [-0.05, 0) is 24.5 Å². The summed E-state index contributed by atoms with van der Waals surface area (Å²) in [6.45, 7) is 3.98. The number of nitrogens with one attached hydrogen (secondary N) is 1. The quantitative estimate of drug-likeness (QED) is 0.475. The van der Waals surface area contributed by atoms with Crippen molar-refractivity contribution in [2.24, 2.45) is 0 Å². The van der Waals surface area contributed by atoms with Crippen molar-refractivity contribution in [2.75, 3.05) is 12.4 Å². The first-order valence-corrected chi connectivity index (χ1v) is 8.05. The van der Waals surface area contributed by atoms with Gasteiger partial charge < -0.3 is 10.1 Å². The van der Waals surface area contributed by atoms with Gasteiger partial charge in [0.15, 0.2) is 18.1 Å². The van der Waals surface area contributed by atoms with Crippen LogP contribution < -0.4 is 14.6 Å². The van der Waals surface area contributed by atoms with E-state index in [1.165, 1.54) is 24.8 Å². The van der Waals surface area contributed by atoms with Gasteiger partial charge in [-0.1, -0.05) is 13.3 Å². The Kier molecular flexibility index (Phi) is 6.05. The van der Waals surface area contributed by atoms with E-state index >= 15 is 0 Å². The zero-order valence-electron chi connectivity index (χ0n) is 14.6. The molecule has 0 atom stereocenters. The third-order valence-corrected chi connectivity index (χ3v) is 3.82. The Labute approximate surface area is 146 Å². The summed E-state index contributed by atoms with van der Waals surface area (Å²) in [6, 6.07) is 6.86. The van der Waals surface area contributed by atoms with Crippen molar-refractivity contribution in [3.05, 3.63) is 57.9 Å². The molecule has 7 nitrogen and oxygen atoms in total. The molecule has 1 N–H and O–H groups in total. The molecule has 2 aromatic rings. The average molecular weight is 344 g/mol. The second kappa shape index (κ2) is 8.23. The summed E-state index contributed by atoms with van der Waals surface area (Å²) < 4.78 is 6.82. The van der Waals surface area contributed by atoms with Crippen molar-refractivity contribution >= 4 is 17.3 Å². The molecule has 25 heavy (non-hydrogen) atoms. The molecule has 2 rings (SSSR count). The second-order valence-corrected chi connectivity index (χ2v) is 5.77. The number of carbonyl (C=O) groups excluding carboxylic acids is 1. The lowest BCUT2D eigenvalue weighted by atomic mass is 10.1. The lowest BCUT2D eigenvalue weighted by molar-refractivity contribution is -0.684. The minimum Gasteiger partial charge on any atom is -0.490 e. The Morgan fingerprint density at radius 3 is 2.56 bits per heavy atom. The van der Waals surface area contributed by atoms with E-state index < -0.39 is 4.92 Å². The number of benzene rings is 1. The number of nitro benzene ring substituents is 1. The van der Waals surface area contributed by atoms with Gasteiger partial charge >= 0.3 is 5.69 Å². The number of aromatic nitrogens is 1. The first kappa shape index (κ1) is 18.4. The second-order valence-electron chi connectivity index (χ2n) is 5.77. The predicted octanol–water partition coefficient (Wildman–Crippen LogP) is 2.79. The number of hydrogen-bond acceptors (Lipinski definition) is 4. The molecule has 0 bridgehead atoms. The Morgan fingerprint density at radius 2 is 2.00 bits per heavy atom. The Bertz CT molecular complexity index is 773. The van der Waals surface area contributed by atoms with Crippen LogP contribution >= 0.6 is 0 Å². The zero-order valence-corrected chi connectivity index (χ0v) is 14.6. The van der Waals surface area contributed by atoms with Crippen LogP contribution in [-0.2, 0) is 17.8 Å². The van der Waals surface area contributed by atoms with Crippen LogP contribution in [0.15, 0.2) is 36.7 Å². The number of pyridine rings is 1. The summed E-state index contributed by atoms with van der Waals surface area (Å²) in [4.78, 5) is 22.8. The summed E-state index contributed by atoms with van der Waals surface area (Å²) in [7, 11) is 1.36. The molecule has 1 aromatic heterocycles. The van der Waals surface area contributed by atoms with E-state index in [9.17, 15) is 14.9 Å². The third-order valence-electron chi connectivity index (χ3n) is 3.82. The highest BCUT2D eigenvalue weighted by Gasteiger charge is 2.19. The van der Waals surface area contributed by atoms with Crippen LogP contribution in [0, 0.1) is 17.0 Å². The fourth-order valence-corrected chi connectivity index (χ4v) is 2.52. The molecule has 0 aliphatic rings. The number of methoxy groups -OCH3 is 1. The van der Waals surface area contributed by atoms with Crippen LogP contribution in [-0.4, -0.2) is 17.9 Å². The molecule has 0 aliphatic carbocycles. The smallest absolute Gasteiger partial charge is 0.311 e. The monoisotopic (exact) mass is 344 g/mol. The highest BCUT2D eigenvalue weighted by molar-refractivity contribution is 5.91. The number of hydrogen-bond donors (Lipinski definition) is 1. The van der Waals surface area contributed by atoms with Crippen LogP contribution in [0.25, 0.3) is 0 Å². The van der Waals surface area contributed by atoms with E-state index in [0.29, 0.717) is 11.3 Å². The topological polar surface area (TPSA) is 85.3 Å². The van der Waals surface area contributed by atoms with Gasteiger partial charge in [0.05, 0.1) is 12.0 Å². The predicted molar refractivity (Wildman–Crippen MR) is 93.6 cm³/mol. The number of nitrogens with zero attached hydrogens (tertiary/aromatic N) is 2. The van der Waals surface area contributed by atoms with Crippen molar-refractivity contribution in [1.29, 1.82) is 0 Å². The van der Waals surface area contributed by atoms with Crippen LogP contribution in [0.2, 0.25) is 0 Å². The zero-order chi connectivity index (χ0) is 18.4. The van der Waals surface area contributed by atoms with E-state index in [1.54, 1.807) is 11.5 Å². The number of rotatable bonds is 7. The van der Waals surface area contributed by atoms with Crippen molar-refractivity contribution in [1.82, 2.24) is 0 Å². The van der Waals surface area contributed by atoms with Crippen LogP contribution in [0.1, 0.15) is 24.5 Å². The maximum atomic E-state index is 12.3. The van der Waals surface area contributed by atoms with Gasteiger partial charge in [0.25, 0.3) is 5.91 Å². The van der Waals surface area contributed by atoms with Crippen molar-refractivity contribution < 1.29 is 19.0 Å². The molecule has 0 fully saturated rings. The van der Waals surface area contributed by atoms with Crippen LogP contribution in [0.4, 0.5) is 11.4 Å². The van der Waals surface area contributed by atoms with Crippen LogP contribution in [0.3, 0.4) is 0 Å². The molecule has 132 valence electrons. The van der Waals surface area contributed by atoms with E-state index in [1.807, 2.05) is 24.5 Å². The number of nitro groups is 1. The fourth-order valence-electron chi connectivity index (χ4n) is 2.52. The summed E-state index contributed by atoms with van der Waals surface area (Å²) in [5.41, 5.74) is 2.20. The van der Waals surface area contributed by atoms with Gasteiger partial charge in [-0.25, -0.2) is 0 Å². The molecule has 1 amide bonds. The number of ether oxygens (including phenoxy) is 1. The minimum atomic E-state index is -0.509. The van der Waals surface area contributed by atoms with Gasteiger partial charge in [0.2, 0.25) is 6.54 Å². The molecule has 0 aliphatic heterocycles. The molecule has 0 spiro atoms. The summed E-state index contributed by atoms with van der Waals surface area (Å²) in [5, 5.41) is 13.8. The summed E-state index contributed by atoms with van der Waals surface area (Å²) in [5.74, 6) is -0.102. The Morgan fingerprint density at radius 1 is 1.32 bits per heavy atom. The highest BCUT2D eigenvalue weighted by Crippen LogP contribution is 2.32. The standard InChI is InChI=1S/C18H21N3O4/c1-4-5-14-6-8-20(9-7-14)12-18(22)19-15-11-17(25-3)16(21(23)24)10-13(15)2/h6-11H,4-5,12H2,1-3H3/p+1. The maximum Gasteiger partial charge on any atom is 0.311 e. The fraction of sp³-hybridized carbons (Fsp3) is 0.333. The summed E-state index contributed by atoms with van der Waals surface area (Å²) >= 11 is 0. The molecular weight excluding hydrogens is 322 g/mol. The number of carbonyl (C=O) groups is 1. The normalized spacial score (nSPS) is 10.4. The van der Waals surface area contributed by atoms with E-state index in [-0.39, 0.29) is 23.9 Å². The SMILES string of the molecule is CCCc1cc[n+](CC(=O)Nc2cc(OC)c([N+](=O)[O-])cc2C)cc1. The van der Waals surface area contributed by atoms with Gasteiger partial charge in [-0.15, -0.1) is 0 Å². The van der Waals surface area contributed by atoms with E-state index in [4.69, 9.17) is 4.74 Å². The summed E-state index contributed by atoms with van der Waals surface area (Å²) in [6.07, 6.45) is 5.82. The Balaban J connectivity index is 2.10. The molecular formula is C18H22N3O4+. The lowest BCUT2D eigenvalue weighted by Crippen LogP contribution is -2.39. The molecule has 0 unspecified atom stereocenters. The lowest BCUT2D eigenvalue weighted by Gasteiger charge is -2.10. The van der Waals surface area contributed by atoms with Gasteiger partial charge in [-0.3, -0.25) is 14.9 Å². The number of amides is 1. The largest absolute Gasteiger partial charge is 0.490 e. The van der Waals surface area contributed by atoms with E-state index in [0.717, 1.165) is 12.8 Å². The molecule has 0 saturated heterocycles. The first-order valence-electron chi connectivity index (χ1n) is 8.05. The van der Waals surface area contributed by atoms with Crippen molar-refractivity contribution in [2.45, 2.75) is 33.2 Å². The van der Waals surface area contributed by atoms with Crippen molar-refractivity contribution in [3.8, 4) is 5.75 Å². The average Bonchev–Trinajstić information content (AvgIpc) is 2.58. The molecule has 0 radical (unpaired) electrons. The molecule has 1 aromatic carbocycles. The van der Waals surface area contributed by atoms with Gasteiger partial charge in [-0.2, -0.15) is 4.57 Å². The molecule has 7 heteroatoms. The van der Waals surface area contributed by atoms with Crippen LogP contribution in [0.5, 0.6) is 5.75 Å². The number of anilines is 1. The highest BCUT2D eigenvalue weighted by atomic mass is 16.6. The first-order chi connectivity index (χ1) is 11.9.